The first-order valence-electron chi connectivity index (χ1n) is 5.83. The molecule has 16 heavy (non-hydrogen) atoms. The fourth-order valence-electron chi connectivity index (χ4n) is 2.10. The molecule has 0 aromatic rings. The van der Waals surface area contributed by atoms with Crippen molar-refractivity contribution in [1.29, 1.82) is 0 Å². The number of nitrogens with one attached hydrogen (secondary N) is 1. The minimum absolute atomic E-state index is 0.0311. The number of hydrogen-bond donors (Lipinski definition) is 2. The minimum atomic E-state index is -1.09. The van der Waals surface area contributed by atoms with Crippen LogP contribution >= 0.6 is 0 Å². The lowest BCUT2D eigenvalue weighted by Crippen LogP contribution is -2.27. The number of allylic oxidation sites excluding steroid dienone is 1. The molecule has 4 nitrogen and oxygen atoms in total. The second kappa shape index (κ2) is 6.30. The van der Waals surface area contributed by atoms with E-state index in [1.54, 1.807) is 6.92 Å². The fourth-order valence-corrected chi connectivity index (χ4v) is 2.10. The third kappa shape index (κ3) is 4.04. The van der Waals surface area contributed by atoms with Crippen molar-refractivity contribution in [2.24, 2.45) is 5.92 Å². The van der Waals surface area contributed by atoms with Crippen LogP contribution in [0, 0.1) is 5.92 Å². The van der Waals surface area contributed by atoms with Gasteiger partial charge in [-0.3, -0.25) is 4.79 Å². The molecular weight excluding hydrogens is 206 g/mol. The Morgan fingerprint density at radius 2 is 2.00 bits per heavy atom. The van der Waals surface area contributed by atoms with Crippen LogP contribution < -0.4 is 5.32 Å². The van der Waals surface area contributed by atoms with Gasteiger partial charge < -0.3 is 10.4 Å². The first kappa shape index (κ1) is 12.7. The van der Waals surface area contributed by atoms with E-state index in [0.717, 1.165) is 6.42 Å². The van der Waals surface area contributed by atoms with Gasteiger partial charge in [0.2, 0.25) is 5.91 Å². The van der Waals surface area contributed by atoms with Gasteiger partial charge in [0.25, 0.3) is 0 Å². The third-order valence-corrected chi connectivity index (χ3v) is 3.05. The molecule has 1 aliphatic rings. The molecule has 0 atom stereocenters. The largest absolute Gasteiger partial charge is 0.477 e. The SMILES string of the molecule is C/C=C(\NC(=O)CCC1CCCC1)C(=O)O. The summed E-state index contributed by atoms with van der Waals surface area (Å²) in [6.45, 7) is 1.60. The molecule has 0 spiro atoms. The molecule has 1 rings (SSSR count). The number of carbonyl (C=O) groups excluding carboxylic acids is 1. The lowest BCUT2D eigenvalue weighted by atomic mass is 10.0. The number of carbonyl (C=O) groups is 2. The van der Waals surface area contributed by atoms with Crippen LogP contribution in [0.3, 0.4) is 0 Å². The van der Waals surface area contributed by atoms with Gasteiger partial charge in [-0.05, 0) is 19.3 Å². The molecule has 1 saturated carbocycles. The molecule has 90 valence electrons. The maximum absolute atomic E-state index is 11.5. The van der Waals surface area contributed by atoms with Gasteiger partial charge in [-0.2, -0.15) is 0 Å². The maximum atomic E-state index is 11.5. The number of hydrogen-bond acceptors (Lipinski definition) is 2. The minimum Gasteiger partial charge on any atom is -0.477 e. The second-order valence-electron chi connectivity index (χ2n) is 4.24. The summed E-state index contributed by atoms with van der Waals surface area (Å²) in [6, 6.07) is 0. The monoisotopic (exact) mass is 225 g/mol. The van der Waals surface area contributed by atoms with Gasteiger partial charge in [0, 0.05) is 6.42 Å². The standard InChI is InChI=1S/C12H19NO3/c1-2-10(12(15)16)13-11(14)8-7-9-5-3-4-6-9/h2,9H,3-8H2,1H3,(H,13,14)(H,15,16)/b10-2-. The van der Waals surface area contributed by atoms with Crippen molar-refractivity contribution < 1.29 is 14.7 Å². The molecule has 1 amide bonds. The van der Waals surface area contributed by atoms with E-state index >= 15 is 0 Å². The molecule has 0 aromatic carbocycles. The summed E-state index contributed by atoms with van der Waals surface area (Å²) in [5.41, 5.74) is -0.0311. The zero-order valence-corrected chi connectivity index (χ0v) is 9.66. The molecule has 0 unspecified atom stereocenters. The Kier molecular flexibility index (Phi) is 5.02. The van der Waals surface area contributed by atoms with Crippen LogP contribution in [0.25, 0.3) is 0 Å². The van der Waals surface area contributed by atoms with Crippen LogP contribution in [0.1, 0.15) is 45.4 Å². The highest BCUT2D eigenvalue weighted by Gasteiger charge is 2.17. The number of rotatable bonds is 5. The highest BCUT2D eigenvalue weighted by atomic mass is 16.4. The highest BCUT2D eigenvalue weighted by molar-refractivity contribution is 5.92. The molecule has 0 aromatic heterocycles. The molecule has 0 radical (unpaired) electrons. The Bertz CT molecular complexity index is 291. The molecule has 0 saturated heterocycles. The summed E-state index contributed by atoms with van der Waals surface area (Å²) in [5.74, 6) is -0.622. The van der Waals surface area contributed by atoms with Crippen molar-refractivity contribution in [3.05, 3.63) is 11.8 Å². The summed E-state index contributed by atoms with van der Waals surface area (Å²) in [6.07, 6.45) is 7.65. The number of amides is 1. The van der Waals surface area contributed by atoms with Crippen LogP contribution in [0.15, 0.2) is 11.8 Å². The first-order valence-corrected chi connectivity index (χ1v) is 5.83. The molecule has 0 heterocycles. The van der Waals surface area contributed by atoms with Gasteiger partial charge in [0.1, 0.15) is 5.70 Å². The summed E-state index contributed by atoms with van der Waals surface area (Å²) < 4.78 is 0. The molecule has 4 heteroatoms. The molecule has 0 bridgehead atoms. The predicted molar refractivity (Wildman–Crippen MR) is 60.7 cm³/mol. The number of carboxylic acid groups (broad SMARTS) is 1. The average Bonchev–Trinajstić information content (AvgIpc) is 2.75. The quantitative estimate of drug-likeness (QED) is 0.704. The lowest BCUT2D eigenvalue weighted by molar-refractivity contribution is -0.134. The van der Waals surface area contributed by atoms with Crippen LogP contribution in [-0.4, -0.2) is 17.0 Å². The number of aliphatic carboxylic acids is 1. The number of carboxylic acids is 1. The molecule has 0 aliphatic heterocycles. The van der Waals surface area contributed by atoms with Crippen molar-refractivity contribution in [3.63, 3.8) is 0 Å². The molecule has 2 N–H and O–H groups in total. The van der Waals surface area contributed by atoms with E-state index in [1.807, 2.05) is 0 Å². The topological polar surface area (TPSA) is 66.4 Å². The van der Waals surface area contributed by atoms with Crippen molar-refractivity contribution in [1.82, 2.24) is 5.32 Å². The van der Waals surface area contributed by atoms with E-state index in [9.17, 15) is 9.59 Å². The second-order valence-corrected chi connectivity index (χ2v) is 4.24. The average molecular weight is 225 g/mol. The van der Waals surface area contributed by atoms with Gasteiger partial charge in [0.05, 0.1) is 0 Å². The van der Waals surface area contributed by atoms with Gasteiger partial charge in [-0.1, -0.05) is 31.8 Å². The fraction of sp³-hybridized carbons (Fsp3) is 0.667. The summed E-state index contributed by atoms with van der Waals surface area (Å²) in [4.78, 5) is 22.1. The van der Waals surface area contributed by atoms with Crippen molar-refractivity contribution in [2.45, 2.75) is 45.4 Å². The Balaban J connectivity index is 2.27. The van der Waals surface area contributed by atoms with E-state index < -0.39 is 5.97 Å². The van der Waals surface area contributed by atoms with Crippen molar-refractivity contribution in [2.75, 3.05) is 0 Å². The van der Waals surface area contributed by atoms with Crippen molar-refractivity contribution in [3.8, 4) is 0 Å². The van der Waals surface area contributed by atoms with Gasteiger partial charge in [-0.25, -0.2) is 4.79 Å². The molecular formula is C12H19NO3. The van der Waals surface area contributed by atoms with E-state index in [0.29, 0.717) is 12.3 Å². The highest BCUT2D eigenvalue weighted by Crippen LogP contribution is 2.28. The maximum Gasteiger partial charge on any atom is 0.352 e. The smallest absolute Gasteiger partial charge is 0.352 e. The summed E-state index contributed by atoms with van der Waals surface area (Å²) >= 11 is 0. The summed E-state index contributed by atoms with van der Waals surface area (Å²) in [5, 5.41) is 11.1. The van der Waals surface area contributed by atoms with Crippen LogP contribution in [0.4, 0.5) is 0 Å². The van der Waals surface area contributed by atoms with Gasteiger partial charge in [0.15, 0.2) is 0 Å². The van der Waals surface area contributed by atoms with E-state index in [4.69, 9.17) is 5.11 Å². The zero-order chi connectivity index (χ0) is 12.0. The van der Waals surface area contributed by atoms with Gasteiger partial charge >= 0.3 is 5.97 Å². The van der Waals surface area contributed by atoms with E-state index in [1.165, 1.54) is 31.8 Å². The zero-order valence-electron chi connectivity index (χ0n) is 9.66. The third-order valence-electron chi connectivity index (χ3n) is 3.05. The normalized spacial score (nSPS) is 17.4. The molecule has 1 aliphatic carbocycles. The van der Waals surface area contributed by atoms with E-state index in [2.05, 4.69) is 5.32 Å². The Hall–Kier alpha value is -1.32. The van der Waals surface area contributed by atoms with Crippen LogP contribution in [0.2, 0.25) is 0 Å². The first-order chi connectivity index (χ1) is 7.63. The van der Waals surface area contributed by atoms with Crippen LogP contribution in [0.5, 0.6) is 0 Å². The van der Waals surface area contributed by atoms with Crippen molar-refractivity contribution >= 4 is 11.9 Å². The Morgan fingerprint density at radius 1 is 1.38 bits per heavy atom. The summed E-state index contributed by atoms with van der Waals surface area (Å²) in [7, 11) is 0. The predicted octanol–water partition coefficient (Wildman–Crippen LogP) is 2.06. The van der Waals surface area contributed by atoms with E-state index in [-0.39, 0.29) is 11.6 Å². The molecule has 1 fully saturated rings. The van der Waals surface area contributed by atoms with Crippen LogP contribution in [-0.2, 0) is 9.59 Å². The Morgan fingerprint density at radius 3 is 2.50 bits per heavy atom. The van der Waals surface area contributed by atoms with Gasteiger partial charge in [-0.15, -0.1) is 0 Å². The Labute approximate surface area is 95.7 Å². The lowest BCUT2D eigenvalue weighted by Gasteiger charge is -2.09.